The van der Waals surface area contributed by atoms with E-state index in [-0.39, 0.29) is 11.4 Å². The molecule has 0 N–H and O–H groups in total. The van der Waals surface area contributed by atoms with Crippen LogP contribution in [-0.2, 0) is 6.54 Å². The van der Waals surface area contributed by atoms with Crippen molar-refractivity contribution < 1.29 is 9.32 Å². The minimum absolute atomic E-state index is 0.0202. The Morgan fingerprint density at radius 1 is 1.47 bits per heavy atom. The first kappa shape index (κ1) is 9.71. The maximum atomic E-state index is 11.4. The van der Waals surface area contributed by atoms with Gasteiger partial charge in [0.2, 0.25) is 0 Å². The molecule has 0 saturated heterocycles. The molecule has 1 aromatic carbocycles. The highest BCUT2D eigenvalue weighted by Crippen LogP contribution is 2.14. The molecule has 4 nitrogen and oxygen atoms in total. The number of carbonyl (C=O) groups is 1. The molecule has 0 saturated carbocycles. The predicted octanol–water partition coefficient (Wildman–Crippen LogP) is 1.82. The van der Waals surface area contributed by atoms with Crippen molar-refractivity contribution in [2.45, 2.75) is 20.4 Å². The lowest BCUT2D eigenvalue weighted by atomic mass is 10.1. The second kappa shape index (κ2) is 3.38. The molecule has 0 aliphatic carbocycles. The largest absolute Gasteiger partial charge is 0.365 e. The van der Waals surface area contributed by atoms with E-state index in [9.17, 15) is 9.59 Å². The lowest BCUT2D eigenvalue weighted by Gasteiger charge is -1.98. The number of Topliss-reactive ketones (excluding diaryl/α,β-unsaturated/α-hetero) is 1. The normalized spacial score (nSPS) is 10.8. The summed E-state index contributed by atoms with van der Waals surface area (Å²) in [4.78, 5) is 22.5. The van der Waals surface area contributed by atoms with E-state index >= 15 is 0 Å². The van der Waals surface area contributed by atoms with Gasteiger partial charge in [0.15, 0.2) is 5.78 Å². The van der Waals surface area contributed by atoms with Gasteiger partial charge in [0.1, 0.15) is 0 Å². The van der Waals surface area contributed by atoms with E-state index in [1.165, 1.54) is 11.7 Å². The SMILES string of the molecule is CCn1oc(=O)c2ccc(C(C)=O)cc21. The molecule has 2 rings (SSSR count). The maximum Gasteiger partial charge on any atom is 0.365 e. The van der Waals surface area contributed by atoms with Gasteiger partial charge in [-0.3, -0.25) is 4.79 Å². The van der Waals surface area contributed by atoms with Crippen LogP contribution in [0.2, 0.25) is 0 Å². The predicted molar refractivity (Wildman–Crippen MR) is 56.2 cm³/mol. The Morgan fingerprint density at radius 3 is 2.80 bits per heavy atom. The Kier molecular flexibility index (Phi) is 2.19. The summed E-state index contributed by atoms with van der Waals surface area (Å²) >= 11 is 0. The number of benzene rings is 1. The molecule has 0 bridgehead atoms. The number of carbonyl (C=O) groups excluding carboxylic acids is 1. The van der Waals surface area contributed by atoms with Gasteiger partial charge in [0, 0.05) is 5.56 Å². The van der Waals surface area contributed by atoms with Gasteiger partial charge in [-0.2, -0.15) is 0 Å². The third-order valence-corrected chi connectivity index (χ3v) is 2.37. The number of ketones is 1. The zero-order valence-corrected chi connectivity index (χ0v) is 8.61. The fourth-order valence-electron chi connectivity index (χ4n) is 1.56. The Morgan fingerprint density at radius 2 is 2.20 bits per heavy atom. The summed E-state index contributed by atoms with van der Waals surface area (Å²) < 4.78 is 6.49. The van der Waals surface area contributed by atoms with Crippen LogP contribution in [0.1, 0.15) is 24.2 Å². The first-order valence-electron chi connectivity index (χ1n) is 4.78. The van der Waals surface area contributed by atoms with Crippen LogP contribution in [0, 0.1) is 0 Å². The van der Waals surface area contributed by atoms with Crippen molar-refractivity contribution in [1.29, 1.82) is 0 Å². The number of aryl methyl sites for hydroxylation is 1. The van der Waals surface area contributed by atoms with Crippen molar-refractivity contribution >= 4 is 16.7 Å². The molecule has 0 amide bonds. The number of aromatic nitrogens is 1. The van der Waals surface area contributed by atoms with Crippen molar-refractivity contribution in [1.82, 2.24) is 4.74 Å². The lowest BCUT2D eigenvalue weighted by molar-refractivity contribution is 0.101. The zero-order valence-electron chi connectivity index (χ0n) is 8.61. The molecular formula is C11H11NO3. The minimum Gasteiger partial charge on any atom is -0.335 e. The summed E-state index contributed by atoms with van der Waals surface area (Å²) in [5.41, 5.74) is 0.905. The monoisotopic (exact) mass is 205 g/mol. The van der Waals surface area contributed by atoms with Crippen LogP contribution in [0.4, 0.5) is 0 Å². The van der Waals surface area contributed by atoms with Crippen LogP contribution in [0.25, 0.3) is 10.9 Å². The Labute approximate surface area is 86.1 Å². The summed E-state index contributed by atoms with van der Waals surface area (Å²) in [6, 6.07) is 4.96. The molecule has 4 heteroatoms. The fraction of sp³-hybridized carbons (Fsp3) is 0.273. The van der Waals surface area contributed by atoms with Crippen molar-refractivity contribution in [2.75, 3.05) is 0 Å². The van der Waals surface area contributed by atoms with Gasteiger partial charge in [0.05, 0.1) is 17.4 Å². The number of rotatable bonds is 2. The van der Waals surface area contributed by atoms with Gasteiger partial charge in [-0.05, 0) is 26.0 Å². The molecule has 1 aromatic heterocycles. The molecule has 0 aliphatic rings. The van der Waals surface area contributed by atoms with Crippen LogP contribution in [-0.4, -0.2) is 10.5 Å². The highest BCUT2D eigenvalue weighted by molar-refractivity contribution is 5.97. The average molecular weight is 205 g/mol. The van der Waals surface area contributed by atoms with Crippen molar-refractivity contribution in [2.24, 2.45) is 0 Å². The Hall–Kier alpha value is -1.84. The third kappa shape index (κ3) is 1.48. The summed E-state index contributed by atoms with van der Waals surface area (Å²) in [7, 11) is 0. The van der Waals surface area contributed by atoms with Gasteiger partial charge in [0.25, 0.3) is 0 Å². The van der Waals surface area contributed by atoms with Crippen LogP contribution < -0.4 is 5.63 Å². The summed E-state index contributed by atoms with van der Waals surface area (Å²) in [5, 5.41) is 0.516. The number of hydrogen-bond donors (Lipinski definition) is 0. The van der Waals surface area contributed by atoms with Crippen molar-refractivity contribution in [3.8, 4) is 0 Å². The van der Waals surface area contributed by atoms with E-state index in [4.69, 9.17) is 4.52 Å². The van der Waals surface area contributed by atoms with E-state index in [1.807, 2.05) is 6.92 Å². The lowest BCUT2D eigenvalue weighted by Crippen LogP contribution is -1.94. The average Bonchev–Trinajstić information content (AvgIpc) is 2.55. The van der Waals surface area contributed by atoms with Gasteiger partial charge in [-0.15, -0.1) is 0 Å². The van der Waals surface area contributed by atoms with E-state index in [0.29, 0.717) is 23.0 Å². The molecule has 0 radical (unpaired) electrons. The first-order chi connectivity index (χ1) is 7.13. The topological polar surface area (TPSA) is 52.2 Å². The van der Waals surface area contributed by atoms with Gasteiger partial charge < -0.3 is 4.52 Å². The van der Waals surface area contributed by atoms with E-state index < -0.39 is 0 Å². The second-order valence-corrected chi connectivity index (χ2v) is 3.36. The molecule has 15 heavy (non-hydrogen) atoms. The Bertz CT molecular complexity index is 577. The molecule has 0 aliphatic heterocycles. The molecule has 1 heterocycles. The number of nitrogens with zero attached hydrogens (tertiary/aromatic N) is 1. The van der Waals surface area contributed by atoms with Crippen LogP contribution in [0.3, 0.4) is 0 Å². The van der Waals surface area contributed by atoms with Crippen LogP contribution >= 0.6 is 0 Å². The quantitative estimate of drug-likeness (QED) is 0.702. The smallest absolute Gasteiger partial charge is 0.335 e. The highest BCUT2D eigenvalue weighted by Gasteiger charge is 2.09. The molecule has 0 atom stereocenters. The van der Waals surface area contributed by atoms with E-state index in [2.05, 4.69) is 0 Å². The summed E-state index contributed by atoms with van der Waals surface area (Å²) in [5.74, 6) is -0.0202. The molecule has 0 spiro atoms. The molecule has 2 aromatic rings. The number of hydrogen-bond acceptors (Lipinski definition) is 3. The zero-order chi connectivity index (χ0) is 11.0. The Balaban J connectivity index is 2.79. The molecule has 0 unspecified atom stereocenters. The van der Waals surface area contributed by atoms with Gasteiger partial charge in [-0.25, -0.2) is 9.53 Å². The van der Waals surface area contributed by atoms with E-state index in [1.54, 1.807) is 18.2 Å². The second-order valence-electron chi connectivity index (χ2n) is 3.36. The fourth-order valence-corrected chi connectivity index (χ4v) is 1.56. The minimum atomic E-state index is -0.359. The van der Waals surface area contributed by atoms with Crippen molar-refractivity contribution in [3.05, 3.63) is 34.2 Å². The maximum absolute atomic E-state index is 11.4. The molecule has 0 fully saturated rings. The van der Waals surface area contributed by atoms with E-state index in [0.717, 1.165) is 0 Å². The standard InChI is InChI=1S/C11H11NO3/c1-3-12-10-6-8(7(2)13)4-5-9(10)11(14)15-12/h4-6H,3H2,1-2H3. The summed E-state index contributed by atoms with van der Waals surface area (Å²) in [6.07, 6.45) is 0. The third-order valence-electron chi connectivity index (χ3n) is 2.37. The van der Waals surface area contributed by atoms with Gasteiger partial charge >= 0.3 is 5.63 Å². The van der Waals surface area contributed by atoms with Crippen LogP contribution in [0.15, 0.2) is 27.5 Å². The first-order valence-corrected chi connectivity index (χ1v) is 4.78. The highest BCUT2D eigenvalue weighted by atomic mass is 16.5. The van der Waals surface area contributed by atoms with Crippen LogP contribution in [0.5, 0.6) is 0 Å². The van der Waals surface area contributed by atoms with Crippen molar-refractivity contribution in [3.63, 3.8) is 0 Å². The molecule has 78 valence electrons. The van der Waals surface area contributed by atoms with Gasteiger partial charge in [-0.1, -0.05) is 6.07 Å². The number of fused-ring (bicyclic) bond motifs is 1. The molecular weight excluding hydrogens is 194 g/mol. The summed E-state index contributed by atoms with van der Waals surface area (Å²) in [6.45, 7) is 3.94.